The second-order valence-corrected chi connectivity index (χ2v) is 6.22. The number of likely N-dealkylation sites (N-methyl/N-ethyl adjacent to an activating group) is 1. The largest absolute Gasteiger partial charge is 0.478 e. The Morgan fingerprint density at radius 3 is 2.62 bits per heavy atom. The van der Waals surface area contributed by atoms with Crippen LogP contribution in [0, 0.1) is 0 Å². The van der Waals surface area contributed by atoms with Gasteiger partial charge in [-0.3, -0.25) is 0 Å². The maximum atomic E-state index is 11.9. The second kappa shape index (κ2) is 8.03. The number of aromatic nitrogens is 1. The molecule has 8 nitrogen and oxygen atoms in total. The Balaban J connectivity index is 2.44. The van der Waals surface area contributed by atoms with Gasteiger partial charge >= 0.3 is 5.97 Å². The van der Waals surface area contributed by atoms with E-state index in [4.69, 9.17) is 9.84 Å². The number of hydrogen-bond acceptors (Lipinski definition) is 6. The maximum absolute atomic E-state index is 11.9. The molecule has 1 heterocycles. The lowest BCUT2D eigenvalue weighted by Gasteiger charge is -2.10. The van der Waals surface area contributed by atoms with Crippen molar-refractivity contribution < 1.29 is 23.1 Å². The summed E-state index contributed by atoms with van der Waals surface area (Å²) in [6.07, 6.45) is 1.00. The quantitative estimate of drug-likeness (QED) is 0.598. The minimum absolute atomic E-state index is 0.0685. The summed E-state index contributed by atoms with van der Waals surface area (Å²) in [5.74, 6) is -1.16. The molecule has 0 atom stereocenters. The molecular formula is C12H19N3O5S. The van der Waals surface area contributed by atoms with Gasteiger partial charge in [-0.15, -0.1) is 0 Å². The van der Waals surface area contributed by atoms with Gasteiger partial charge in [-0.2, -0.15) is 0 Å². The van der Waals surface area contributed by atoms with Crippen molar-refractivity contribution >= 4 is 16.0 Å². The van der Waals surface area contributed by atoms with E-state index in [-0.39, 0.29) is 23.7 Å². The minimum atomic E-state index is -3.75. The summed E-state index contributed by atoms with van der Waals surface area (Å²) in [6.45, 7) is 1.64. The van der Waals surface area contributed by atoms with Crippen LogP contribution in [0.3, 0.4) is 0 Å². The third-order valence-corrected chi connectivity index (χ3v) is 3.86. The zero-order chi connectivity index (χ0) is 15.9. The van der Waals surface area contributed by atoms with Gasteiger partial charge in [0.2, 0.25) is 0 Å². The van der Waals surface area contributed by atoms with Crippen molar-refractivity contribution in [1.29, 1.82) is 0 Å². The molecule has 21 heavy (non-hydrogen) atoms. The molecule has 0 aliphatic heterocycles. The van der Waals surface area contributed by atoms with E-state index in [2.05, 4.69) is 9.71 Å². The van der Waals surface area contributed by atoms with Crippen LogP contribution < -0.4 is 4.72 Å². The number of nitrogens with zero attached hydrogens (tertiary/aromatic N) is 2. The minimum Gasteiger partial charge on any atom is -0.478 e. The number of sulfonamides is 1. The second-order valence-electron chi connectivity index (χ2n) is 4.50. The summed E-state index contributed by atoms with van der Waals surface area (Å²) in [5.41, 5.74) is -0.0685. The van der Waals surface area contributed by atoms with E-state index in [0.717, 1.165) is 18.8 Å². The lowest BCUT2D eigenvalue weighted by Crippen LogP contribution is -2.29. The standard InChI is InChI=1S/C12H19N3O5S/c1-15(2)6-8-20-7-5-14-21(18,19)11-4-3-10(9-13-11)12(16)17/h3-4,9,14H,5-8H2,1-2H3,(H,16,17). The molecule has 0 bridgehead atoms. The maximum Gasteiger partial charge on any atom is 0.337 e. The molecule has 0 amide bonds. The number of carbonyl (C=O) groups is 1. The van der Waals surface area contributed by atoms with Crippen LogP contribution >= 0.6 is 0 Å². The molecule has 0 aliphatic carbocycles. The van der Waals surface area contributed by atoms with Crippen LogP contribution in [0.5, 0.6) is 0 Å². The highest BCUT2D eigenvalue weighted by Crippen LogP contribution is 2.06. The average Bonchev–Trinajstić information content (AvgIpc) is 2.42. The number of ether oxygens (including phenoxy) is 1. The first-order chi connectivity index (χ1) is 9.83. The molecule has 0 fully saturated rings. The molecule has 0 aliphatic rings. The Hall–Kier alpha value is -1.55. The summed E-state index contributed by atoms with van der Waals surface area (Å²) < 4.78 is 31.3. The summed E-state index contributed by atoms with van der Waals surface area (Å²) in [6, 6.07) is 2.34. The molecule has 0 radical (unpaired) electrons. The van der Waals surface area contributed by atoms with Gasteiger partial charge in [0.05, 0.1) is 18.8 Å². The molecule has 0 saturated heterocycles. The van der Waals surface area contributed by atoms with E-state index in [0.29, 0.717) is 6.61 Å². The predicted octanol–water partition coefficient (Wildman–Crippen LogP) is -0.364. The van der Waals surface area contributed by atoms with Crippen LogP contribution in [-0.4, -0.2) is 69.8 Å². The third kappa shape index (κ3) is 6.17. The first kappa shape index (κ1) is 17.5. The van der Waals surface area contributed by atoms with Crippen molar-refractivity contribution in [2.24, 2.45) is 0 Å². The fourth-order valence-electron chi connectivity index (χ4n) is 1.34. The number of pyridine rings is 1. The van der Waals surface area contributed by atoms with Crippen molar-refractivity contribution in [2.75, 3.05) is 40.4 Å². The number of hydrogen-bond donors (Lipinski definition) is 2. The third-order valence-electron chi connectivity index (χ3n) is 2.48. The lowest BCUT2D eigenvalue weighted by molar-refractivity contribution is 0.0696. The SMILES string of the molecule is CN(C)CCOCCNS(=O)(=O)c1ccc(C(=O)O)cn1. The van der Waals surface area contributed by atoms with Gasteiger partial charge in [-0.25, -0.2) is 22.9 Å². The molecule has 0 spiro atoms. The fraction of sp³-hybridized carbons (Fsp3) is 0.500. The highest BCUT2D eigenvalue weighted by atomic mass is 32.2. The molecule has 0 unspecified atom stereocenters. The van der Waals surface area contributed by atoms with Gasteiger partial charge in [0, 0.05) is 19.3 Å². The molecule has 0 aromatic carbocycles. The molecule has 118 valence electrons. The van der Waals surface area contributed by atoms with Gasteiger partial charge in [-0.05, 0) is 26.2 Å². The van der Waals surface area contributed by atoms with Crippen molar-refractivity contribution in [3.63, 3.8) is 0 Å². The Morgan fingerprint density at radius 2 is 2.10 bits per heavy atom. The van der Waals surface area contributed by atoms with Crippen LogP contribution in [0.2, 0.25) is 0 Å². The smallest absolute Gasteiger partial charge is 0.337 e. The van der Waals surface area contributed by atoms with E-state index in [1.165, 1.54) is 6.07 Å². The Bertz CT molecular complexity index is 557. The monoisotopic (exact) mass is 317 g/mol. The van der Waals surface area contributed by atoms with Crippen LogP contribution in [0.1, 0.15) is 10.4 Å². The number of carboxylic acids is 1. The first-order valence-corrected chi connectivity index (χ1v) is 7.73. The van der Waals surface area contributed by atoms with E-state index >= 15 is 0 Å². The van der Waals surface area contributed by atoms with Crippen molar-refractivity contribution in [2.45, 2.75) is 5.03 Å². The Labute approximate surface area is 123 Å². The average molecular weight is 317 g/mol. The summed E-state index contributed by atoms with van der Waals surface area (Å²) >= 11 is 0. The van der Waals surface area contributed by atoms with Crippen LogP contribution in [0.4, 0.5) is 0 Å². The Kier molecular flexibility index (Phi) is 6.69. The highest BCUT2D eigenvalue weighted by molar-refractivity contribution is 7.89. The van der Waals surface area contributed by atoms with E-state index in [1.807, 2.05) is 19.0 Å². The van der Waals surface area contributed by atoms with Crippen molar-refractivity contribution in [3.05, 3.63) is 23.9 Å². The van der Waals surface area contributed by atoms with Crippen LogP contribution in [-0.2, 0) is 14.8 Å². The van der Waals surface area contributed by atoms with Crippen molar-refractivity contribution in [3.8, 4) is 0 Å². The molecule has 1 aromatic heterocycles. The molecular weight excluding hydrogens is 298 g/mol. The zero-order valence-electron chi connectivity index (χ0n) is 11.9. The molecule has 2 N–H and O–H groups in total. The summed E-state index contributed by atoms with van der Waals surface area (Å²) in [4.78, 5) is 16.2. The molecule has 1 aromatic rings. The van der Waals surface area contributed by atoms with Crippen molar-refractivity contribution in [1.82, 2.24) is 14.6 Å². The molecule has 1 rings (SSSR count). The first-order valence-electron chi connectivity index (χ1n) is 6.24. The Morgan fingerprint density at radius 1 is 1.38 bits per heavy atom. The number of nitrogens with one attached hydrogen (secondary N) is 1. The van der Waals surface area contributed by atoms with Gasteiger partial charge in [0.1, 0.15) is 0 Å². The molecule has 0 saturated carbocycles. The predicted molar refractivity (Wildman–Crippen MR) is 75.8 cm³/mol. The number of aromatic carboxylic acids is 1. The summed E-state index contributed by atoms with van der Waals surface area (Å²) in [5, 5.41) is 8.49. The molecule has 9 heteroatoms. The van der Waals surface area contributed by atoms with Gasteiger partial charge in [0.25, 0.3) is 10.0 Å². The highest BCUT2D eigenvalue weighted by Gasteiger charge is 2.15. The van der Waals surface area contributed by atoms with Gasteiger partial charge in [0.15, 0.2) is 5.03 Å². The van der Waals surface area contributed by atoms with Crippen LogP contribution in [0.15, 0.2) is 23.4 Å². The van der Waals surface area contributed by atoms with Crippen LogP contribution in [0.25, 0.3) is 0 Å². The number of rotatable bonds is 9. The normalized spacial score (nSPS) is 11.8. The van der Waals surface area contributed by atoms with E-state index in [9.17, 15) is 13.2 Å². The topological polar surface area (TPSA) is 109 Å². The van der Waals surface area contributed by atoms with E-state index in [1.54, 1.807) is 0 Å². The fourth-order valence-corrected chi connectivity index (χ4v) is 2.28. The van der Waals surface area contributed by atoms with Gasteiger partial charge in [-0.1, -0.05) is 0 Å². The number of carboxylic acid groups (broad SMARTS) is 1. The van der Waals surface area contributed by atoms with E-state index < -0.39 is 16.0 Å². The lowest BCUT2D eigenvalue weighted by atomic mass is 10.3. The zero-order valence-corrected chi connectivity index (χ0v) is 12.8. The summed E-state index contributed by atoms with van der Waals surface area (Å²) in [7, 11) is 0.0797. The van der Waals surface area contributed by atoms with Gasteiger partial charge < -0.3 is 14.7 Å².